The minimum absolute atomic E-state index is 0.249. The van der Waals surface area contributed by atoms with Crippen LogP contribution >= 0.6 is 15.9 Å². The Morgan fingerprint density at radius 2 is 1.88 bits per heavy atom. The van der Waals surface area contributed by atoms with Gasteiger partial charge in [-0.25, -0.2) is 17.7 Å². The summed E-state index contributed by atoms with van der Waals surface area (Å²) in [7, 11) is -0.493. The lowest BCUT2D eigenvalue weighted by atomic mass is 10.2. The number of nitrogens with one attached hydrogen (secondary N) is 3. The second kappa shape index (κ2) is 7.77. The highest BCUT2D eigenvalue weighted by atomic mass is 79.9. The average Bonchev–Trinajstić information content (AvgIpc) is 2.60. The van der Waals surface area contributed by atoms with Gasteiger partial charge in [-0.1, -0.05) is 0 Å². The largest absolute Gasteiger partial charge is 0.384 e. The first kappa shape index (κ1) is 18.9. The zero-order chi connectivity index (χ0) is 18.7. The average molecular weight is 441 g/mol. The molecule has 1 aromatic heterocycles. The van der Waals surface area contributed by atoms with Gasteiger partial charge >= 0.3 is 0 Å². The Labute approximate surface area is 161 Å². The van der Waals surface area contributed by atoms with E-state index in [0.29, 0.717) is 23.9 Å². The molecule has 0 saturated carbocycles. The molecule has 0 amide bonds. The molecule has 2 heterocycles. The Morgan fingerprint density at radius 1 is 1.15 bits per heavy atom. The Balaban J connectivity index is 2.02. The van der Waals surface area contributed by atoms with Crippen LogP contribution in [0.4, 0.5) is 23.1 Å². The maximum Gasteiger partial charge on any atom is 0.244 e. The molecule has 0 radical (unpaired) electrons. The topological polar surface area (TPSA) is 99.3 Å². The van der Waals surface area contributed by atoms with Crippen molar-refractivity contribution in [2.24, 2.45) is 0 Å². The third-order valence-electron chi connectivity index (χ3n) is 3.95. The zero-order valence-corrected chi connectivity index (χ0v) is 17.0. The van der Waals surface area contributed by atoms with E-state index >= 15 is 0 Å². The van der Waals surface area contributed by atoms with Crippen molar-refractivity contribution in [2.75, 3.05) is 43.1 Å². The summed E-state index contributed by atoms with van der Waals surface area (Å²) in [5.41, 5.74) is 1.27. The fourth-order valence-electron chi connectivity index (χ4n) is 2.53. The highest BCUT2D eigenvalue weighted by Gasteiger charge is 2.22. The standard InChI is InChI=1S/C16H21BrN6O2S/c1-23(2)26(24,25)14-6-5-11-9-13(14)18-7-3-4-8-19-15-12(17)10-20-16(21-11)22-15/h5-6,9-10,18H,3-4,7-8H2,1-2H3,(H2,19,20,21,22). The fraction of sp³-hybridized carbons (Fsp3) is 0.375. The van der Waals surface area contributed by atoms with Crippen molar-refractivity contribution in [3.63, 3.8) is 0 Å². The van der Waals surface area contributed by atoms with Crippen LogP contribution in [0.1, 0.15) is 12.8 Å². The number of rotatable bonds is 2. The van der Waals surface area contributed by atoms with E-state index in [2.05, 4.69) is 41.8 Å². The molecule has 3 N–H and O–H groups in total. The van der Waals surface area contributed by atoms with Crippen LogP contribution in [-0.2, 0) is 10.0 Å². The van der Waals surface area contributed by atoms with Gasteiger partial charge in [0, 0.05) is 39.1 Å². The van der Waals surface area contributed by atoms with Gasteiger partial charge < -0.3 is 16.0 Å². The second-order valence-electron chi connectivity index (χ2n) is 6.07. The molecule has 1 aliphatic heterocycles. The van der Waals surface area contributed by atoms with Gasteiger partial charge in [0.05, 0.1) is 10.2 Å². The van der Waals surface area contributed by atoms with E-state index in [1.807, 2.05) is 0 Å². The van der Waals surface area contributed by atoms with Crippen molar-refractivity contribution in [3.8, 4) is 0 Å². The highest BCUT2D eigenvalue weighted by Crippen LogP contribution is 2.29. The Morgan fingerprint density at radius 3 is 2.62 bits per heavy atom. The first-order chi connectivity index (χ1) is 12.4. The normalized spacial score (nSPS) is 14.9. The van der Waals surface area contributed by atoms with Gasteiger partial charge in [-0.3, -0.25) is 0 Å². The van der Waals surface area contributed by atoms with E-state index in [0.717, 1.165) is 29.7 Å². The molecule has 0 saturated heterocycles. The molecule has 3 rings (SSSR count). The van der Waals surface area contributed by atoms with Crippen molar-refractivity contribution in [1.29, 1.82) is 0 Å². The lowest BCUT2D eigenvalue weighted by Crippen LogP contribution is -2.23. The monoisotopic (exact) mass is 440 g/mol. The summed E-state index contributed by atoms with van der Waals surface area (Å²) >= 11 is 3.44. The van der Waals surface area contributed by atoms with Gasteiger partial charge in [0.2, 0.25) is 16.0 Å². The van der Waals surface area contributed by atoms with E-state index in [1.54, 1.807) is 24.4 Å². The summed E-state index contributed by atoms with van der Waals surface area (Å²) in [5.74, 6) is 1.16. The van der Waals surface area contributed by atoms with Crippen molar-refractivity contribution in [1.82, 2.24) is 14.3 Å². The van der Waals surface area contributed by atoms with Crippen LogP contribution in [0.25, 0.3) is 0 Å². The lowest BCUT2D eigenvalue weighted by Gasteiger charge is -2.17. The summed E-state index contributed by atoms with van der Waals surface area (Å²) in [4.78, 5) is 8.97. The minimum Gasteiger partial charge on any atom is -0.384 e. The smallest absolute Gasteiger partial charge is 0.244 e. The molecule has 1 aromatic carbocycles. The number of sulfonamides is 1. The highest BCUT2D eigenvalue weighted by molar-refractivity contribution is 9.10. The number of hydrogen-bond donors (Lipinski definition) is 3. The molecule has 140 valence electrons. The van der Waals surface area contributed by atoms with Gasteiger partial charge in [-0.2, -0.15) is 4.98 Å². The number of nitrogens with zero attached hydrogens (tertiary/aromatic N) is 3. The Bertz CT molecular complexity index is 904. The molecule has 1 aliphatic rings. The summed E-state index contributed by atoms with van der Waals surface area (Å²) < 4.78 is 27.2. The van der Waals surface area contributed by atoms with Crippen LogP contribution in [0, 0.1) is 0 Å². The predicted molar refractivity (Wildman–Crippen MR) is 107 cm³/mol. The molecule has 0 unspecified atom stereocenters. The Kier molecular flexibility index (Phi) is 5.64. The summed E-state index contributed by atoms with van der Waals surface area (Å²) in [6, 6.07) is 5.07. The van der Waals surface area contributed by atoms with Crippen LogP contribution in [0.3, 0.4) is 0 Å². The van der Waals surface area contributed by atoms with Crippen LogP contribution in [0.5, 0.6) is 0 Å². The van der Waals surface area contributed by atoms with Crippen LogP contribution in [0.2, 0.25) is 0 Å². The first-order valence-corrected chi connectivity index (χ1v) is 10.4. The number of fused-ring (bicyclic) bond motifs is 4. The SMILES string of the molecule is CN(C)S(=O)(=O)c1ccc2cc1NCCCCNc1nc(ncc1Br)N2. The van der Waals surface area contributed by atoms with Crippen LogP contribution in [-0.4, -0.2) is 49.9 Å². The number of halogens is 1. The fourth-order valence-corrected chi connectivity index (χ4v) is 3.90. The minimum atomic E-state index is -3.54. The van der Waals surface area contributed by atoms with Crippen molar-refractivity contribution < 1.29 is 8.42 Å². The molecule has 2 aromatic rings. The summed E-state index contributed by atoms with van der Waals surface area (Å²) in [6.07, 6.45) is 3.49. The third-order valence-corrected chi connectivity index (χ3v) is 6.40. The van der Waals surface area contributed by atoms with Gasteiger partial charge in [-0.05, 0) is 47.0 Å². The zero-order valence-electron chi connectivity index (χ0n) is 14.6. The molecular formula is C16H21BrN6O2S. The molecule has 4 bridgehead atoms. The molecule has 0 aliphatic carbocycles. The summed E-state index contributed by atoms with van der Waals surface area (Å²) in [6.45, 7) is 1.43. The third kappa shape index (κ3) is 4.08. The van der Waals surface area contributed by atoms with Crippen molar-refractivity contribution in [2.45, 2.75) is 17.7 Å². The van der Waals surface area contributed by atoms with E-state index < -0.39 is 10.0 Å². The van der Waals surface area contributed by atoms with E-state index in [-0.39, 0.29) is 4.90 Å². The molecular weight excluding hydrogens is 420 g/mol. The van der Waals surface area contributed by atoms with Crippen molar-refractivity contribution >= 4 is 49.1 Å². The molecule has 10 heteroatoms. The molecule has 8 nitrogen and oxygen atoms in total. The molecule has 26 heavy (non-hydrogen) atoms. The maximum absolute atomic E-state index is 12.6. The number of benzene rings is 1. The van der Waals surface area contributed by atoms with Crippen LogP contribution < -0.4 is 16.0 Å². The van der Waals surface area contributed by atoms with Crippen molar-refractivity contribution in [3.05, 3.63) is 28.9 Å². The summed E-state index contributed by atoms with van der Waals surface area (Å²) in [5, 5.41) is 9.65. The first-order valence-electron chi connectivity index (χ1n) is 8.22. The van der Waals surface area contributed by atoms with Gasteiger partial charge in [0.25, 0.3) is 0 Å². The maximum atomic E-state index is 12.6. The predicted octanol–water partition coefficient (Wildman–Crippen LogP) is 2.85. The molecule has 0 fully saturated rings. The van der Waals surface area contributed by atoms with E-state index in [4.69, 9.17) is 0 Å². The number of hydrogen-bond acceptors (Lipinski definition) is 7. The van der Waals surface area contributed by atoms with E-state index in [1.165, 1.54) is 18.4 Å². The van der Waals surface area contributed by atoms with Crippen LogP contribution in [0.15, 0.2) is 33.8 Å². The quantitative estimate of drug-likeness (QED) is 0.659. The Hall–Kier alpha value is -1.91. The van der Waals surface area contributed by atoms with Gasteiger partial charge in [0.1, 0.15) is 10.7 Å². The molecule has 0 spiro atoms. The van der Waals surface area contributed by atoms with E-state index in [9.17, 15) is 8.42 Å². The number of aromatic nitrogens is 2. The lowest BCUT2D eigenvalue weighted by molar-refractivity contribution is 0.521. The number of anilines is 4. The second-order valence-corrected chi connectivity index (χ2v) is 9.05. The van der Waals surface area contributed by atoms with Gasteiger partial charge in [0.15, 0.2) is 0 Å². The molecule has 0 atom stereocenters. The van der Waals surface area contributed by atoms with Gasteiger partial charge in [-0.15, -0.1) is 0 Å².